The van der Waals surface area contributed by atoms with Crippen LogP contribution in [0.1, 0.15) is 5.56 Å². The number of carbonyl (C=O) groups excluding carboxylic acids is 1. The van der Waals surface area contributed by atoms with E-state index in [-0.39, 0.29) is 6.61 Å². The van der Waals surface area contributed by atoms with Crippen LogP contribution in [-0.4, -0.2) is 24.7 Å². The number of para-hydroxylation sites is 1. The number of fused-ring (bicyclic) bond motifs is 2. The minimum absolute atomic E-state index is 0.185. The van der Waals surface area contributed by atoms with E-state index in [0.717, 1.165) is 10.9 Å². The van der Waals surface area contributed by atoms with Crippen LogP contribution in [-0.2, 0) is 16.1 Å². The van der Waals surface area contributed by atoms with Crippen molar-refractivity contribution in [3.05, 3.63) is 78.4 Å². The smallest absolute Gasteiger partial charge is 0.343 e. The summed E-state index contributed by atoms with van der Waals surface area (Å²) >= 11 is 0. The van der Waals surface area contributed by atoms with Gasteiger partial charge < -0.3 is 14.2 Å². The van der Waals surface area contributed by atoms with Gasteiger partial charge in [0.05, 0.1) is 7.11 Å². The summed E-state index contributed by atoms with van der Waals surface area (Å²) < 4.78 is 16.0. The molecule has 0 bridgehead atoms. The van der Waals surface area contributed by atoms with Crippen molar-refractivity contribution in [1.82, 2.24) is 4.98 Å². The molecule has 0 amide bonds. The number of rotatable bonds is 6. The minimum Gasteiger partial charge on any atom is -0.487 e. The average molecular weight is 373 g/mol. The summed E-state index contributed by atoms with van der Waals surface area (Å²) in [6, 6.07) is 23.9. The summed E-state index contributed by atoms with van der Waals surface area (Å²) in [6.45, 7) is 0.244. The number of benzene rings is 3. The van der Waals surface area contributed by atoms with Gasteiger partial charge in [0.15, 0.2) is 6.61 Å². The second-order valence-corrected chi connectivity index (χ2v) is 6.31. The number of ether oxygens (including phenoxy) is 3. The first kappa shape index (κ1) is 17.8. The first-order chi connectivity index (χ1) is 13.7. The number of methoxy groups -OCH3 is 1. The highest BCUT2D eigenvalue weighted by Gasteiger charge is 2.08. The first-order valence-electron chi connectivity index (χ1n) is 8.93. The molecular formula is C23H19NO4. The summed E-state index contributed by atoms with van der Waals surface area (Å²) in [5.41, 5.74) is 1.76. The van der Waals surface area contributed by atoms with Crippen LogP contribution in [0.2, 0.25) is 0 Å². The molecule has 0 aliphatic rings. The molecule has 28 heavy (non-hydrogen) atoms. The van der Waals surface area contributed by atoms with E-state index in [1.807, 2.05) is 36.4 Å². The molecule has 5 nitrogen and oxygen atoms in total. The number of nitrogens with zero attached hydrogens (tertiary/aromatic N) is 1. The zero-order valence-corrected chi connectivity index (χ0v) is 15.4. The van der Waals surface area contributed by atoms with Crippen molar-refractivity contribution in [3.63, 3.8) is 0 Å². The van der Waals surface area contributed by atoms with Gasteiger partial charge >= 0.3 is 5.97 Å². The quantitative estimate of drug-likeness (QED) is 0.465. The van der Waals surface area contributed by atoms with Crippen LogP contribution in [0.5, 0.6) is 11.6 Å². The van der Waals surface area contributed by atoms with E-state index in [1.54, 1.807) is 6.07 Å². The standard InChI is InChI=1S/C23H19NO4/c1-26-22(25)15-28-21-12-11-18-7-4-8-20(23(18)24-21)27-14-16-9-10-17-5-2-3-6-19(17)13-16/h2-13H,14-15H2,1H3. The lowest BCUT2D eigenvalue weighted by molar-refractivity contribution is -0.143. The van der Waals surface area contributed by atoms with Crippen LogP contribution in [0.15, 0.2) is 72.8 Å². The molecule has 0 radical (unpaired) electrons. The predicted molar refractivity (Wildman–Crippen MR) is 108 cm³/mol. The molecule has 0 aliphatic heterocycles. The van der Waals surface area contributed by atoms with E-state index in [4.69, 9.17) is 9.47 Å². The van der Waals surface area contributed by atoms with E-state index in [9.17, 15) is 4.79 Å². The Morgan fingerprint density at radius 3 is 2.50 bits per heavy atom. The number of pyridine rings is 1. The molecule has 0 saturated heterocycles. The van der Waals surface area contributed by atoms with E-state index >= 15 is 0 Å². The Hall–Kier alpha value is -3.60. The van der Waals surface area contributed by atoms with Crippen molar-refractivity contribution >= 4 is 27.6 Å². The largest absolute Gasteiger partial charge is 0.487 e. The SMILES string of the molecule is COC(=O)COc1ccc2cccc(OCc3ccc4ccccc4c3)c2n1. The van der Waals surface area contributed by atoms with Crippen LogP contribution in [0, 0.1) is 0 Å². The fraction of sp³-hybridized carbons (Fsp3) is 0.130. The average Bonchev–Trinajstić information content (AvgIpc) is 2.75. The molecule has 4 rings (SSSR count). The Bertz CT molecular complexity index is 1140. The molecule has 0 fully saturated rings. The molecule has 0 atom stereocenters. The van der Waals surface area contributed by atoms with Crippen molar-refractivity contribution in [1.29, 1.82) is 0 Å². The zero-order chi connectivity index (χ0) is 19.3. The van der Waals surface area contributed by atoms with Gasteiger partial charge in [0.2, 0.25) is 5.88 Å². The molecule has 1 aromatic heterocycles. The highest BCUT2D eigenvalue weighted by molar-refractivity contribution is 5.85. The Morgan fingerprint density at radius 2 is 1.64 bits per heavy atom. The third-order valence-electron chi connectivity index (χ3n) is 4.43. The molecule has 4 aromatic rings. The molecule has 0 spiro atoms. The van der Waals surface area contributed by atoms with Gasteiger partial charge in [-0.15, -0.1) is 0 Å². The number of carbonyl (C=O) groups is 1. The van der Waals surface area contributed by atoms with E-state index in [2.05, 4.69) is 40.1 Å². The fourth-order valence-electron chi connectivity index (χ4n) is 2.98. The second-order valence-electron chi connectivity index (χ2n) is 6.31. The molecule has 0 aliphatic carbocycles. The molecule has 0 saturated carbocycles. The lowest BCUT2D eigenvalue weighted by Gasteiger charge is -2.11. The number of aromatic nitrogens is 1. The van der Waals surface area contributed by atoms with Gasteiger partial charge in [-0.1, -0.05) is 48.5 Å². The van der Waals surface area contributed by atoms with Crippen molar-refractivity contribution in [2.24, 2.45) is 0 Å². The third kappa shape index (κ3) is 3.88. The lowest BCUT2D eigenvalue weighted by Crippen LogP contribution is -2.13. The maximum Gasteiger partial charge on any atom is 0.343 e. The molecule has 0 N–H and O–H groups in total. The van der Waals surface area contributed by atoms with Gasteiger partial charge in [-0.05, 0) is 34.5 Å². The van der Waals surface area contributed by atoms with Gasteiger partial charge in [-0.3, -0.25) is 0 Å². The highest BCUT2D eigenvalue weighted by Crippen LogP contribution is 2.27. The van der Waals surface area contributed by atoms with Crippen molar-refractivity contribution < 1.29 is 19.0 Å². The normalized spacial score (nSPS) is 10.8. The molecule has 3 aromatic carbocycles. The topological polar surface area (TPSA) is 57.7 Å². The van der Waals surface area contributed by atoms with Crippen molar-refractivity contribution in [3.8, 4) is 11.6 Å². The second kappa shape index (κ2) is 7.96. The van der Waals surface area contributed by atoms with Crippen LogP contribution in [0.25, 0.3) is 21.7 Å². The van der Waals surface area contributed by atoms with Crippen LogP contribution < -0.4 is 9.47 Å². The molecule has 140 valence electrons. The summed E-state index contributed by atoms with van der Waals surface area (Å²) in [4.78, 5) is 15.8. The Labute approximate surface area is 162 Å². The lowest BCUT2D eigenvalue weighted by atomic mass is 10.1. The van der Waals surface area contributed by atoms with Gasteiger partial charge in [0.25, 0.3) is 0 Å². The van der Waals surface area contributed by atoms with Gasteiger partial charge in [0, 0.05) is 11.5 Å². The van der Waals surface area contributed by atoms with Gasteiger partial charge in [-0.25, -0.2) is 9.78 Å². The summed E-state index contributed by atoms with van der Waals surface area (Å²) in [6.07, 6.45) is 0. The minimum atomic E-state index is -0.456. The van der Waals surface area contributed by atoms with Crippen LogP contribution in [0.4, 0.5) is 0 Å². The summed E-state index contributed by atoms with van der Waals surface area (Å²) in [5, 5.41) is 3.31. The van der Waals surface area contributed by atoms with Gasteiger partial charge in [-0.2, -0.15) is 0 Å². The van der Waals surface area contributed by atoms with Crippen molar-refractivity contribution in [2.75, 3.05) is 13.7 Å². The summed E-state index contributed by atoms with van der Waals surface area (Å²) in [7, 11) is 1.32. The van der Waals surface area contributed by atoms with E-state index in [0.29, 0.717) is 23.8 Å². The Morgan fingerprint density at radius 1 is 0.857 bits per heavy atom. The number of hydrogen-bond acceptors (Lipinski definition) is 5. The van der Waals surface area contributed by atoms with Crippen molar-refractivity contribution in [2.45, 2.75) is 6.61 Å². The molecule has 5 heteroatoms. The number of hydrogen-bond donors (Lipinski definition) is 0. The van der Waals surface area contributed by atoms with Crippen LogP contribution in [0.3, 0.4) is 0 Å². The predicted octanol–water partition coefficient (Wildman–Crippen LogP) is 4.52. The van der Waals surface area contributed by atoms with Crippen LogP contribution >= 0.6 is 0 Å². The maximum absolute atomic E-state index is 11.3. The fourth-order valence-corrected chi connectivity index (χ4v) is 2.98. The maximum atomic E-state index is 11.3. The number of esters is 1. The Kier molecular flexibility index (Phi) is 5.06. The van der Waals surface area contributed by atoms with E-state index in [1.165, 1.54) is 17.9 Å². The highest BCUT2D eigenvalue weighted by atomic mass is 16.6. The Balaban J connectivity index is 1.55. The van der Waals surface area contributed by atoms with Gasteiger partial charge in [0.1, 0.15) is 17.9 Å². The molecule has 0 unspecified atom stereocenters. The van der Waals surface area contributed by atoms with E-state index < -0.39 is 5.97 Å². The monoisotopic (exact) mass is 373 g/mol. The molecule has 1 heterocycles. The third-order valence-corrected chi connectivity index (χ3v) is 4.43. The summed E-state index contributed by atoms with van der Waals surface area (Å²) in [5.74, 6) is 0.552. The molecular weight excluding hydrogens is 354 g/mol. The zero-order valence-electron chi connectivity index (χ0n) is 15.4. The first-order valence-corrected chi connectivity index (χ1v) is 8.93.